The van der Waals surface area contributed by atoms with Crippen LogP contribution in [0.1, 0.15) is 17.5 Å². The number of hydrogen-bond acceptors (Lipinski definition) is 4. The van der Waals surface area contributed by atoms with Crippen LogP contribution in [-0.2, 0) is 13.0 Å². The average molecular weight is 301 g/mol. The molecule has 1 aliphatic heterocycles. The van der Waals surface area contributed by atoms with Gasteiger partial charge in [-0.15, -0.1) is 0 Å². The van der Waals surface area contributed by atoms with Crippen molar-refractivity contribution in [2.45, 2.75) is 25.5 Å². The van der Waals surface area contributed by atoms with Crippen LogP contribution in [0.15, 0.2) is 53.3 Å². The molecular weight excluding hydrogens is 278 g/mol. The van der Waals surface area contributed by atoms with Gasteiger partial charge >= 0.3 is 0 Å². The van der Waals surface area contributed by atoms with Crippen molar-refractivity contribution in [1.29, 1.82) is 0 Å². The van der Waals surface area contributed by atoms with E-state index in [9.17, 15) is 10.2 Å². The highest BCUT2D eigenvalue weighted by atomic mass is 16.3. The second kappa shape index (κ2) is 6.65. The summed E-state index contributed by atoms with van der Waals surface area (Å²) < 4.78 is 5.13. The first-order valence-electron chi connectivity index (χ1n) is 7.78. The van der Waals surface area contributed by atoms with Gasteiger partial charge in [0, 0.05) is 30.6 Å². The van der Waals surface area contributed by atoms with E-state index in [1.54, 1.807) is 12.5 Å². The quantitative estimate of drug-likeness (QED) is 0.887. The molecule has 0 amide bonds. The minimum absolute atomic E-state index is 0.00898. The summed E-state index contributed by atoms with van der Waals surface area (Å²) in [4.78, 5) is 2.29. The van der Waals surface area contributed by atoms with E-state index in [4.69, 9.17) is 4.42 Å². The largest absolute Gasteiger partial charge is 0.472 e. The van der Waals surface area contributed by atoms with Gasteiger partial charge in [-0.05, 0) is 24.5 Å². The number of aliphatic hydroxyl groups is 2. The van der Waals surface area contributed by atoms with Crippen LogP contribution in [0.25, 0.3) is 0 Å². The Balaban J connectivity index is 1.75. The van der Waals surface area contributed by atoms with Crippen molar-refractivity contribution in [3.8, 4) is 0 Å². The van der Waals surface area contributed by atoms with Gasteiger partial charge in [0.1, 0.15) is 0 Å². The third kappa shape index (κ3) is 3.24. The summed E-state index contributed by atoms with van der Waals surface area (Å²) in [6.07, 6.45) is 4.33. The van der Waals surface area contributed by atoms with Gasteiger partial charge in [-0.25, -0.2) is 0 Å². The smallest absolute Gasteiger partial charge is 0.0947 e. The van der Waals surface area contributed by atoms with Gasteiger partial charge in [0.05, 0.1) is 25.2 Å². The fourth-order valence-electron chi connectivity index (χ4n) is 3.40. The summed E-state index contributed by atoms with van der Waals surface area (Å²) in [7, 11) is 0. The number of piperidine rings is 1. The van der Waals surface area contributed by atoms with Crippen LogP contribution < -0.4 is 0 Å². The molecule has 2 heterocycles. The molecular formula is C18H23NO3. The summed E-state index contributed by atoms with van der Waals surface area (Å²) >= 11 is 0. The summed E-state index contributed by atoms with van der Waals surface area (Å²) in [5, 5.41) is 20.5. The molecule has 2 N–H and O–H groups in total. The van der Waals surface area contributed by atoms with E-state index in [1.165, 1.54) is 0 Å². The molecule has 0 bridgehead atoms. The average Bonchev–Trinajstić information content (AvgIpc) is 3.04. The topological polar surface area (TPSA) is 56.8 Å². The zero-order valence-corrected chi connectivity index (χ0v) is 12.7. The van der Waals surface area contributed by atoms with Crippen LogP contribution in [0.2, 0.25) is 0 Å². The second-order valence-corrected chi connectivity index (χ2v) is 6.33. The van der Waals surface area contributed by atoms with Gasteiger partial charge in [-0.2, -0.15) is 0 Å². The van der Waals surface area contributed by atoms with Crippen LogP contribution in [0.3, 0.4) is 0 Å². The maximum Gasteiger partial charge on any atom is 0.0947 e. The van der Waals surface area contributed by atoms with Crippen molar-refractivity contribution in [2.75, 3.05) is 19.7 Å². The number of benzene rings is 1. The van der Waals surface area contributed by atoms with Crippen molar-refractivity contribution in [3.05, 3.63) is 60.1 Å². The summed E-state index contributed by atoms with van der Waals surface area (Å²) in [6, 6.07) is 12.1. The molecule has 1 aromatic heterocycles. The van der Waals surface area contributed by atoms with E-state index in [0.29, 0.717) is 19.4 Å². The van der Waals surface area contributed by atoms with Gasteiger partial charge in [0.25, 0.3) is 0 Å². The molecule has 22 heavy (non-hydrogen) atoms. The van der Waals surface area contributed by atoms with Gasteiger partial charge in [0.15, 0.2) is 0 Å². The van der Waals surface area contributed by atoms with Crippen molar-refractivity contribution >= 4 is 0 Å². The zero-order chi connectivity index (χ0) is 15.4. The first kappa shape index (κ1) is 15.3. The number of nitrogens with zero attached hydrogens (tertiary/aromatic N) is 1. The van der Waals surface area contributed by atoms with Gasteiger partial charge in [-0.1, -0.05) is 30.3 Å². The Morgan fingerprint density at radius 1 is 1.18 bits per heavy atom. The number of rotatable bonds is 5. The SMILES string of the molecule is OC[C@@]1(Cc2ccccc2)CN(Cc2ccoc2)CC[C@@H]1O. The number of hydrogen-bond donors (Lipinski definition) is 2. The molecule has 3 rings (SSSR count). The molecule has 0 saturated carbocycles. The normalized spacial score (nSPS) is 26.2. The number of aliphatic hydroxyl groups excluding tert-OH is 2. The molecule has 2 atom stereocenters. The lowest BCUT2D eigenvalue weighted by molar-refractivity contribution is -0.0768. The van der Waals surface area contributed by atoms with Crippen LogP contribution in [0.5, 0.6) is 0 Å². The van der Waals surface area contributed by atoms with Crippen molar-refractivity contribution in [3.63, 3.8) is 0 Å². The summed E-state index contributed by atoms with van der Waals surface area (Å²) in [5.41, 5.74) is 1.78. The Hall–Kier alpha value is -1.62. The predicted molar refractivity (Wildman–Crippen MR) is 84.3 cm³/mol. The molecule has 1 aliphatic rings. The first-order chi connectivity index (χ1) is 10.7. The maximum atomic E-state index is 10.5. The Morgan fingerprint density at radius 2 is 2.00 bits per heavy atom. The Labute approximate surface area is 131 Å². The predicted octanol–water partition coefficient (Wildman–Crippen LogP) is 2.07. The lowest BCUT2D eigenvalue weighted by atomic mass is 9.73. The lowest BCUT2D eigenvalue weighted by Crippen LogP contribution is -2.54. The maximum absolute atomic E-state index is 10.5. The lowest BCUT2D eigenvalue weighted by Gasteiger charge is -2.45. The van der Waals surface area contributed by atoms with E-state index in [-0.39, 0.29) is 6.61 Å². The molecule has 1 aromatic carbocycles. The highest BCUT2D eigenvalue weighted by molar-refractivity contribution is 5.18. The minimum Gasteiger partial charge on any atom is -0.472 e. The van der Waals surface area contributed by atoms with Crippen LogP contribution >= 0.6 is 0 Å². The summed E-state index contributed by atoms with van der Waals surface area (Å²) in [5.74, 6) is 0. The molecule has 0 spiro atoms. The van der Waals surface area contributed by atoms with Crippen LogP contribution in [-0.4, -0.2) is 40.9 Å². The molecule has 118 valence electrons. The van der Waals surface area contributed by atoms with E-state index >= 15 is 0 Å². The van der Waals surface area contributed by atoms with Crippen molar-refractivity contribution < 1.29 is 14.6 Å². The van der Waals surface area contributed by atoms with Crippen LogP contribution in [0, 0.1) is 5.41 Å². The fourth-order valence-corrected chi connectivity index (χ4v) is 3.40. The minimum atomic E-state index is -0.497. The Bertz CT molecular complexity index is 569. The third-order valence-electron chi connectivity index (χ3n) is 4.66. The van der Waals surface area contributed by atoms with Gasteiger partial charge in [0.2, 0.25) is 0 Å². The van der Waals surface area contributed by atoms with E-state index in [0.717, 1.165) is 24.2 Å². The molecule has 4 nitrogen and oxygen atoms in total. The zero-order valence-electron chi connectivity index (χ0n) is 12.7. The Morgan fingerprint density at radius 3 is 2.68 bits per heavy atom. The number of furan rings is 1. The highest BCUT2D eigenvalue weighted by Gasteiger charge is 2.42. The molecule has 1 fully saturated rings. The molecule has 0 radical (unpaired) electrons. The second-order valence-electron chi connectivity index (χ2n) is 6.33. The Kier molecular flexibility index (Phi) is 4.62. The molecule has 0 unspecified atom stereocenters. The first-order valence-corrected chi connectivity index (χ1v) is 7.78. The third-order valence-corrected chi connectivity index (χ3v) is 4.66. The monoisotopic (exact) mass is 301 g/mol. The van der Waals surface area contributed by atoms with E-state index < -0.39 is 11.5 Å². The molecule has 1 saturated heterocycles. The molecule has 2 aromatic rings. The van der Waals surface area contributed by atoms with Gasteiger partial charge in [-0.3, -0.25) is 4.90 Å². The molecule has 4 heteroatoms. The van der Waals surface area contributed by atoms with Crippen molar-refractivity contribution in [1.82, 2.24) is 4.90 Å². The van der Waals surface area contributed by atoms with E-state index in [2.05, 4.69) is 17.0 Å². The molecule has 0 aliphatic carbocycles. The van der Waals surface area contributed by atoms with Crippen molar-refractivity contribution in [2.24, 2.45) is 5.41 Å². The highest BCUT2D eigenvalue weighted by Crippen LogP contribution is 2.34. The van der Waals surface area contributed by atoms with Crippen LogP contribution in [0.4, 0.5) is 0 Å². The van der Waals surface area contributed by atoms with Gasteiger partial charge < -0.3 is 14.6 Å². The number of likely N-dealkylation sites (tertiary alicyclic amines) is 1. The van der Waals surface area contributed by atoms with E-state index in [1.807, 2.05) is 24.3 Å². The standard InChI is InChI=1S/C18H23NO3/c20-14-18(10-15-4-2-1-3-5-15)13-19(8-6-17(18)21)11-16-7-9-22-12-16/h1-5,7,9,12,17,20-21H,6,8,10-11,13-14H2/t17-,18+/m0/s1. The summed E-state index contributed by atoms with van der Waals surface area (Å²) in [6.45, 7) is 2.30. The fraction of sp³-hybridized carbons (Fsp3) is 0.444.